The highest BCUT2D eigenvalue weighted by Crippen LogP contribution is 2.46. The molecule has 0 aliphatic heterocycles. The Kier molecular flexibility index (Phi) is 6.75. The van der Waals surface area contributed by atoms with E-state index >= 15 is 0 Å². The van der Waals surface area contributed by atoms with Crippen molar-refractivity contribution >= 4 is 17.6 Å². The quantitative estimate of drug-likeness (QED) is 0.635. The maximum atomic E-state index is 12.8. The summed E-state index contributed by atoms with van der Waals surface area (Å²) in [5, 5.41) is 2.89. The van der Waals surface area contributed by atoms with E-state index in [1.807, 2.05) is 18.2 Å². The van der Waals surface area contributed by atoms with Crippen LogP contribution in [0.1, 0.15) is 48.0 Å². The largest absolute Gasteiger partial charge is 0.493 e. The third kappa shape index (κ3) is 5.08. The van der Waals surface area contributed by atoms with Gasteiger partial charge in [-0.15, -0.1) is 0 Å². The number of amides is 1. The Hall–Kier alpha value is -3.02. The fourth-order valence-electron chi connectivity index (χ4n) is 3.52. The van der Waals surface area contributed by atoms with Crippen molar-refractivity contribution in [1.82, 2.24) is 0 Å². The van der Waals surface area contributed by atoms with E-state index in [1.54, 1.807) is 45.4 Å². The lowest BCUT2D eigenvalue weighted by Crippen LogP contribution is -2.19. The number of carbonyl (C=O) groups is 2. The van der Waals surface area contributed by atoms with Gasteiger partial charge < -0.3 is 19.5 Å². The van der Waals surface area contributed by atoms with Crippen molar-refractivity contribution in [2.45, 2.75) is 32.1 Å². The molecule has 29 heavy (non-hydrogen) atoms. The lowest BCUT2D eigenvalue weighted by molar-refractivity contribution is -0.116. The van der Waals surface area contributed by atoms with Crippen LogP contribution in [0.5, 0.6) is 11.5 Å². The van der Waals surface area contributed by atoms with Crippen LogP contribution in [-0.2, 0) is 9.53 Å². The van der Waals surface area contributed by atoms with E-state index in [0.717, 1.165) is 18.4 Å². The van der Waals surface area contributed by atoms with Crippen LogP contribution in [0.25, 0.3) is 0 Å². The first-order chi connectivity index (χ1) is 14.1. The predicted molar refractivity (Wildman–Crippen MR) is 111 cm³/mol. The number of rotatable bonds is 9. The van der Waals surface area contributed by atoms with E-state index in [9.17, 15) is 9.59 Å². The Morgan fingerprint density at radius 2 is 1.79 bits per heavy atom. The van der Waals surface area contributed by atoms with Crippen molar-refractivity contribution in [3.8, 4) is 11.5 Å². The number of hydrogen-bond acceptors (Lipinski definition) is 5. The predicted octanol–water partition coefficient (Wildman–Crippen LogP) is 4.40. The molecular formula is C23H27NO5. The van der Waals surface area contributed by atoms with Gasteiger partial charge in [0.15, 0.2) is 11.5 Å². The second-order valence-corrected chi connectivity index (χ2v) is 7.08. The van der Waals surface area contributed by atoms with Gasteiger partial charge in [-0.1, -0.05) is 18.2 Å². The minimum atomic E-state index is -0.443. The van der Waals surface area contributed by atoms with Crippen molar-refractivity contribution in [2.24, 2.45) is 5.92 Å². The summed E-state index contributed by atoms with van der Waals surface area (Å²) >= 11 is 0. The molecule has 154 valence electrons. The number of ether oxygens (including phenoxy) is 3. The highest BCUT2D eigenvalue weighted by molar-refractivity contribution is 6.01. The van der Waals surface area contributed by atoms with Crippen LogP contribution in [0.2, 0.25) is 0 Å². The minimum Gasteiger partial charge on any atom is -0.493 e. The molecular weight excluding hydrogens is 370 g/mol. The van der Waals surface area contributed by atoms with E-state index < -0.39 is 5.97 Å². The Morgan fingerprint density at radius 3 is 2.45 bits per heavy atom. The summed E-state index contributed by atoms with van der Waals surface area (Å²) < 4.78 is 15.8. The fraction of sp³-hybridized carbons (Fsp3) is 0.391. The average Bonchev–Trinajstić information content (AvgIpc) is 3.57. The molecule has 1 atom stereocenters. The second-order valence-electron chi connectivity index (χ2n) is 7.08. The van der Waals surface area contributed by atoms with Crippen LogP contribution >= 0.6 is 0 Å². The molecule has 1 unspecified atom stereocenters. The van der Waals surface area contributed by atoms with Gasteiger partial charge in [0, 0.05) is 6.42 Å². The summed E-state index contributed by atoms with van der Waals surface area (Å²) in [7, 11) is 3.21. The third-order valence-corrected chi connectivity index (χ3v) is 5.13. The monoisotopic (exact) mass is 397 g/mol. The van der Waals surface area contributed by atoms with Crippen LogP contribution in [0.4, 0.5) is 5.69 Å². The van der Waals surface area contributed by atoms with Crippen LogP contribution < -0.4 is 14.8 Å². The normalized spacial score (nSPS) is 14.0. The first kappa shape index (κ1) is 20.7. The average molecular weight is 397 g/mol. The zero-order valence-corrected chi connectivity index (χ0v) is 17.1. The molecule has 2 aromatic carbocycles. The number of esters is 1. The van der Waals surface area contributed by atoms with Crippen molar-refractivity contribution in [3.05, 3.63) is 53.6 Å². The number of carbonyl (C=O) groups excluding carboxylic acids is 2. The molecule has 0 heterocycles. The van der Waals surface area contributed by atoms with Gasteiger partial charge in [0.2, 0.25) is 5.91 Å². The SMILES string of the molecule is CCOC(=O)c1ccccc1NC(=O)CC(c1ccc(OC)c(OC)c1)C1CC1. The summed E-state index contributed by atoms with van der Waals surface area (Å²) in [6.45, 7) is 2.03. The highest BCUT2D eigenvalue weighted by atomic mass is 16.5. The molecule has 0 radical (unpaired) electrons. The topological polar surface area (TPSA) is 73.9 Å². The van der Waals surface area contributed by atoms with Gasteiger partial charge in [-0.2, -0.15) is 0 Å². The number of hydrogen-bond donors (Lipinski definition) is 1. The zero-order chi connectivity index (χ0) is 20.8. The lowest BCUT2D eigenvalue weighted by Gasteiger charge is -2.19. The Morgan fingerprint density at radius 1 is 1.07 bits per heavy atom. The summed E-state index contributed by atoms with van der Waals surface area (Å²) in [5.74, 6) is 1.31. The molecule has 0 bridgehead atoms. The third-order valence-electron chi connectivity index (χ3n) is 5.13. The smallest absolute Gasteiger partial charge is 0.340 e. The van der Waals surface area contributed by atoms with Crippen LogP contribution in [0.15, 0.2) is 42.5 Å². The molecule has 0 aromatic heterocycles. The van der Waals surface area contributed by atoms with Crippen molar-refractivity contribution in [1.29, 1.82) is 0 Å². The maximum Gasteiger partial charge on any atom is 0.340 e. The Balaban J connectivity index is 1.76. The number of anilines is 1. The highest BCUT2D eigenvalue weighted by Gasteiger charge is 2.34. The molecule has 6 nitrogen and oxygen atoms in total. The molecule has 6 heteroatoms. The van der Waals surface area contributed by atoms with E-state index in [2.05, 4.69) is 5.32 Å². The molecule has 1 saturated carbocycles. The van der Waals surface area contributed by atoms with Gasteiger partial charge >= 0.3 is 5.97 Å². The van der Waals surface area contributed by atoms with Crippen LogP contribution in [0, 0.1) is 5.92 Å². The summed E-state index contributed by atoms with van der Waals surface area (Å²) in [4.78, 5) is 25.0. The summed E-state index contributed by atoms with van der Waals surface area (Å²) in [6, 6.07) is 12.7. The Bertz CT molecular complexity index is 875. The second kappa shape index (κ2) is 9.45. The zero-order valence-electron chi connectivity index (χ0n) is 17.1. The molecule has 0 spiro atoms. The van der Waals surface area contributed by atoms with E-state index in [0.29, 0.717) is 35.1 Å². The molecule has 1 amide bonds. The van der Waals surface area contributed by atoms with E-state index in [4.69, 9.17) is 14.2 Å². The van der Waals surface area contributed by atoms with Crippen molar-refractivity contribution in [3.63, 3.8) is 0 Å². The van der Waals surface area contributed by atoms with E-state index in [1.165, 1.54) is 0 Å². The molecule has 1 N–H and O–H groups in total. The van der Waals surface area contributed by atoms with Gasteiger partial charge in [0.05, 0.1) is 32.1 Å². The standard InChI is InChI=1S/C23H27NO5/c1-4-29-23(26)17-7-5-6-8-19(17)24-22(25)14-18(15-9-10-15)16-11-12-20(27-2)21(13-16)28-3/h5-8,11-13,15,18H,4,9-10,14H2,1-3H3,(H,24,25). The molecule has 3 rings (SSSR count). The number of para-hydroxylation sites is 1. The molecule has 2 aromatic rings. The molecule has 1 aliphatic rings. The van der Waals surface area contributed by atoms with Gasteiger partial charge in [-0.3, -0.25) is 4.79 Å². The number of benzene rings is 2. The minimum absolute atomic E-state index is 0.0876. The first-order valence-electron chi connectivity index (χ1n) is 9.85. The van der Waals surface area contributed by atoms with Crippen molar-refractivity contribution in [2.75, 3.05) is 26.1 Å². The summed E-state index contributed by atoms with van der Waals surface area (Å²) in [6.07, 6.45) is 2.54. The molecule has 0 saturated heterocycles. The van der Waals surface area contributed by atoms with Crippen molar-refractivity contribution < 1.29 is 23.8 Å². The van der Waals surface area contributed by atoms with Gasteiger partial charge in [-0.05, 0) is 61.4 Å². The number of nitrogens with one attached hydrogen (secondary N) is 1. The first-order valence-corrected chi connectivity index (χ1v) is 9.85. The summed E-state index contributed by atoms with van der Waals surface area (Å²) in [5.41, 5.74) is 1.88. The van der Waals surface area contributed by atoms with Crippen LogP contribution in [-0.4, -0.2) is 32.7 Å². The van der Waals surface area contributed by atoms with Gasteiger partial charge in [0.1, 0.15) is 0 Å². The lowest BCUT2D eigenvalue weighted by atomic mass is 9.90. The van der Waals surface area contributed by atoms with Gasteiger partial charge in [0.25, 0.3) is 0 Å². The maximum absolute atomic E-state index is 12.8. The molecule has 1 fully saturated rings. The number of methoxy groups -OCH3 is 2. The molecule has 1 aliphatic carbocycles. The van der Waals surface area contributed by atoms with Gasteiger partial charge in [-0.25, -0.2) is 4.79 Å². The Labute approximate surface area is 171 Å². The van der Waals surface area contributed by atoms with Crippen LogP contribution in [0.3, 0.4) is 0 Å². The fourth-order valence-corrected chi connectivity index (χ4v) is 3.52. The van der Waals surface area contributed by atoms with E-state index in [-0.39, 0.29) is 18.4 Å².